The van der Waals surface area contributed by atoms with E-state index in [1.165, 1.54) is 0 Å². The van der Waals surface area contributed by atoms with Gasteiger partial charge in [0, 0.05) is 26.2 Å². The minimum absolute atomic E-state index is 0.151. The predicted molar refractivity (Wildman–Crippen MR) is 78.8 cm³/mol. The van der Waals surface area contributed by atoms with Crippen LogP contribution in [0, 0.1) is 0 Å². The zero-order valence-electron chi connectivity index (χ0n) is 12.0. The first-order valence-electron chi connectivity index (χ1n) is 7.00. The van der Waals surface area contributed by atoms with E-state index in [0.29, 0.717) is 11.5 Å². The molecule has 0 N–H and O–H groups in total. The van der Waals surface area contributed by atoms with Gasteiger partial charge in [0.1, 0.15) is 0 Å². The number of hydrogen-bond acceptors (Lipinski definition) is 6. The van der Waals surface area contributed by atoms with Crippen molar-refractivity contribution >= 4 is 22.8 Å². The summed E-state index contributed by atoms with van der Waals surface area (Å²) >= 11 is 5.85. The summed E-state index contributed by atoms with van der Waals surface area (Å²) in [4.78, 5) is 14.9. The van der Waals surface area contributed by atoms with E-state index in [-0.39, 0.29) is 5.28 Å². The van der Waals surface area contributed by atoms with E-state index in [0.717, 1.165) is 51.3 Å². The number of nitrogens with zero attached hydrogens (tertiary/aromatic N) is 5. The topological polar surface area (TPSA) is 65.3 Å². The van der Waals surface area contributed by atoms with Crippen molar-refractivity contribution in [2.24, 2.45) is 0 Å². The van der Waals surface area contributed by atoms with Gasteiger partial charge < -0.3 is 14.0 Å². The minimum atomic E-state index is 0.151. The van der Waals surface area contributed by atoms with Gasteiger partial charge in [-0.15, -0.1) is 0 Å². The van der Waals surface area contributed by atoms with Gasteiger partial charge in [-0.05, 0) is 18.0 Å². The maximum Gasteiger partial charge on any atom is 0.244 e. The maximum absolute atomic E-state index is 5.85. The van der Waals surface area contributed by atoms with Gasteiger partial charge in [0.15, 0.2) is 11.2 Å². The van der Waals surface area contributed by atoms with Crippen molar-refractivity contribution in [3.05, 3.63) is 11.6 Å². The highest BCUT2D eigenvalue weighted by atomic mass is 35.5. The lowest BCUT2D eigenvalue weighted by atomic mass is 10.3. The van der Waals surface area contributed by atoms with Crippen molar-refractivity contribution in [1.29, 1.82) is 0 Å². The van der Waals surface area contributed by atoms with Crippen LogP contribution in [0.5, 0.6) is 5.88 Å². The molecule has 1 aliphatic heterocycles. The molecule has 1 saturated heterocycles. The molecule has 0 radical (unpaired) electrons. The van der Waals surface area contributed by atoms with Gasteiger partial charge in [-0.1, -0.05) is 0 Å². The monoisotopic (exact) mass is 311 g/mol. The smallest absolute Gasteiger partial charge is 0.244 e. The molecule has 0 spiro atoms. The molecule has 1 aliphatic rings. The Morgan fingerprint density at radius 3 is 2.86 bits per heavy atom. The van der Waals surface area contributed by atoms with Crippen molar-refractivity contribution in [3.63, 3.8) is 0 Å². The number of fused-ring (bicyclic) bond motifs is 1. The van der Waals surface area contributed by atoms with E-state index >= 15 is 0 Å². The van der Waals surface area contributed by atoms with Crippen LogP contribution in [0.25, 0.3) is 11.2 Å². The van der Waals surface area contributed by atoms with Gasteiger partial charge in [0.25, 0.3) is 0 Å². The lowest BCUT2D eigenvalue weighted by molar-refractivity contribution is 0.0369. The molecule has 0 saturated carbocycles. The Bertz CT molecular complexity index is 612. The molecule has 1 fully saturated rings. The van der Waals surface area contributed by atoms with Crippen LogP contribution in [0.15, 0.2) is 6.33 Å². The molecule has 0 amide bonds. The van der Waals surface area contributed by atoms with Gasteiger partial charge in [-0.25, -0.2) is 4.98 Å². The van der Waals surface area contributed by atoms with Crippen molar-refractivity contribution in [3.8, 4) is 5.88 Å². The number of hydrogen-bond donors (Lipinski definition) is 0. The Hall–Kier alpha value is -1.44. The summed E-state index contributed by atoms with van der Waals surface area (Å²) in [5, 5.41) is 0.151. The molecule has 3 rings (SSSR count). The first kappa shape index (κ1) is 14.5. The average molecular weight is 312 g/mol. The van der Waals surface area contributed by atoms with Crippen molar-refractivity contribution in [2.75, 3.05) is 40.0 Å². The zero-order valence-corrected chi connectivity index (χ0v) is 12.7. The molecule has 0 unspecified atom stereocenters. The molecule has 7 nitrogen and oxygen atoms in total. The van der Waals surface area contributed by atoms with E-state index < -0.39 is 0 Å². The third kappa shape index (κ3) is 3.25. The number of aryl methyl sites for hydroxylation is 1. The fourth-order valence-corrected chi connectivity index (χ4v) is 2.68. The number of rotatable bonds is 5. The van der Waals surface area contributed by atoms with E-state index in [9.17, 15) is 0 Å². The molecule has 2 aromatic heterocycles. The van der Waals surface area contributed by atoms with Gasteiger partial charge in [0.2, 0.25) is 11.2 Å². The second-order valence-corrected chi connectivity index (χ2v) is 5.26. The molecule has 0 bridgehead atoms. The first-order chi connectivity index (χ1) is 10.3. The zero-order chi connectivity index (χ0) is 14.7. The summed E-state index contributed by atoms with van der Waals surface area (Å²) in [5.74, 6) is 0.467. The van der Waals surface area contributed by atoms with E-state index in [4.69, 9.17) is 21.1 Å². The highest BCUT2D eigenvalue weighted by Gasteiger charge is 2.14. The number of imidazole rings is 1. The average Bonchev–Trinajstić information content (AvgIpc) is 2.90. The fourth-order valence-electron chi connectivity index (χ4n) is 2.52. The van der Waals surface area contributed by atoms with Crippen LogP contribution in [0.4, 0.5) is 0 Å². The van der Waals surface area contributed by atoms with Gasteiger partial charge in [-0.3, -0.25) is 4.90 Å². The molecule has 0 atom stereocenters. The van der Waals surface area contributed by atoms with Gasteiger partial charge >= 0.3 is 0 Å². The Balaban J connectivity index is 1.69. The molecule has 3 heterocycles. The first-order valence-corrected chi connectivity index (χ1v) is 7.38. The number of aromatic nitrogens is 4. The van der Waals surface area contributed by atoms with Crippen LogP contribution in [0.3, 0.4) is 0 Å². The summed E-state index contributed by atoms with van der Waals surface area (Å²) in [6, 6.07) is 0. The predicted octanol–water partition coefficient (Wildman–Crippen LogP) is 1.21. The standard InChI is InChI=1S/C13H18ClN5O2/c1-20-12-10-11(16-13(14)17-12)15-9-19(10)4-2-3-18-5-7-21-8-6-18/h9H,2-8H2,1H3. The molecule has 0 aliphatic carbocycles. The molecule has 8 heteroatoms. The van der Waals surface area contributed by atoms with Crippen molar-refractivity contribution in [1.82, 2.24) is 24.4 Å². The van der Waals surface area contributed by atoms with Crippen molar-refractivity contribution in [2.45, 2.75) is 13.0 Å². The number of morpholine rings is 1. The van der Waals surface area contributed by atoms with Crippen LogP contribution in [0.1, 0.15) is 6.42 Å². The Labute approximate surface area is 127 Å². The third-order valence-corrected chi connectivity index (χ3v) is 3.75. The minimum Gasteiger partial charge on any atom is -0.479 e. The Kier molecular flexibility index (Phi) is 4.52. The summed E-state index contributed by atoms with van der Waals surface area (Å²) in [6.45, 7) is 5.55. The second kappa shape index (κ2) is 6.55. The van der Waals surface area contributed by atoms with Crippen LogP contribution in [0.2, 0.25) is 5.28 Å². The second-order valence-electron chi connectivity index (χ2n) is 4.92. The normalized spacial score (nSPS) is 16.5. The van der Waals surface area contributed by atoms with E-state index in [1.807, 2.05) is 4.57 Å². The third-order valence-electron chi connectivity index (χ3n) is 3.58. The summed E-state index contributed by atoms with van der Waals surface area (Å²) in [7, 11) is 1.57. The number of ether oxygens (including phenoxy) is 2. The van der Waals surface area contributed by atoms with Crippen LogP contribution in [-0.4, -0.2) is 64.4 Å². The molecule has 0 aromatic carbocycles. The summed E-state index contributed by atoms with van der Waals surface area (Å²) in [5.41, 5.74) is 1.36. The quantitative estimate of drug-likeness (QED) is 0.773. The molecular weight excluding hydrogens is 294 g/mol. The summed E-state index contributed by atoms with van der Waals surface area (Å²) < 4.78 is 12.6. The molecule has 21 heavy (non-hydrogen) atoms. The van der Waals surface area contributed by atoms with Crippen LogP contribution in [-0.2, 0) is 11.3 Å². The lowest BCUT2D eigenvalue weighted by Gasteiger charge is -2.26. The van der Waals surface area contributed by atoms with E-state index in [1.54, 1.807) is 13.4 Å². The van der Waals surface area contributed by atoms with Crippen LogP contribution < -0.4 is 4.74 Å². The molecular formula is C13H18ClN5O2. The Morgan fingerprint density at radius 2 is 2.10 bits per heavy atom. The fraction of sp³-hybridized carbons (Fsp3) is 0.615. The number of halogens is 1. The van der Waals surface area contributed by atoms with E-state index in [2.05, 4.69) is 19.9 Å². The SMILES string of the molecule is COc1nc(Cl)nc2ncn(CCCN3CCOCC3)c12. The van der Waals surface area contributed by atoms with Crippen molar-refractivity contribution < 1.29 is 9.47 Å². The lowest BCUT2D eigenvalue weighted by Crippen LogP contribution is -2.37. The maximum atomic E-state index is 5.85. The largest absolute Gasteiger partial charge is 0.479 e. The highest BCUT2D eigenvalue weighted by molar-refractivity contribution is 6.28. The summed E-state index contributed by atoms with van der Waals surface area (Å²) in [6.07, 6.45) is 2.79. The highest BCUT2D eigenvalue weighted by Crippen LogP contribution is 2.23. The van der Waals surface area contributed by atoms with Gasteiger partial charge in [-0.2, -0.15) is 9.97 Å². The van der Waals surface area contributed by atoms with Crippen LogP contribution >= 0.6 is 11.6 Å². The molecule has 2 aromatic rings. The number of methoxy groups -OCH3 is 1. The van der Waals surface area contributed by atoms with Gasteiger partial charge in [0.05, 0.1) is 26.7 Å². The molecule has 114 valence electrons. The Morgan fingerprint density at radius 1 is 1.29 bits per heavy atom.